The number of allylic oxidation sites excluding steroid dienone is 4. The van der Waals surface area contributed by atoms with Gasteiger partial charge in [-0.15, -0.1) is 0 Å². The predicted octanol–water partition coefficient (Wildman–Crippen LogP) is 0.560. The first-order valence-corrected chi connectivity index (χ1v) is 4.73. The zero-order valence-electron chi connectivity index (χ0n) is 7.56. The van der Waals surface area contributed by atoms with Crippen LogP contribution in [0.2, 0.25) is 0 Å². The molecule has 0 saturated heterocycles. The first-order valence-electron chi connectivity index (χ1n) is 3.82. The molecule has 0 aromatic rings. The topological polar surface area (TPSA) is 126 Å². The molecule has 0 aromatic carbocycles. The Morgan fingerprint density at radius 1 is 1.44 bits per heavy atom. The van der Waals surface area contributed by atoms with Crippen LogP contribution in [0.5, 0.6) is 0 Å². The number of alkyl halides is 1. The summed E-state index contributed by atoms with van der Waals surface area (Å²) in [6, 6.07) is 0. The molecule has 0 aromatic heterocycles. The molecule has 0 fully saturated rings. The van der Waals surface area contributed by atoms with Crippen molar-refractivity contribution < 1.29 is 14.9 Å². The smallest absolute Gasteiger partial charge is 0.311 e. The third kappa shape index (κ3) is 2.12. The fourth-order valence-corrected chi connectivity index (χ4v) is 1.65. The summed E-state index contributed by atoms with van der Waals surface area (Å²) in [6.45, 7) is 0. The molecule has 0 bridgehead atoms. The zero-order valence-corrected chi connectivity index (χ0v) is 9.14. The lowest BCUT2D eigenvalue weighted by molar-refractivity contribution is -0.895. The first-order chi connectivity index (χ1) is 7.49. The van der Waals surface area contributed by atoms with Gasteiger partial charge in [-0.05, 0) is 6.08 Å². The Bertz CT molecular complexity index is 438. The van der Waals surface area contributed by atoms with Gasteiger partial charge in [-0.2, -0.15) is 4.79 Å². The average Bonchev–Trinajstić information content (AvgIpc) is 2.20. The van der Waals surface area contributed by atoms with Crippen LogP contribution in [0.1, 0.15) is 0 Å². The van der Waals surface area contributed by atoms with Gasteiger partial charge in [0.1, 0.15) is 0 Å². The van der Waals surface area contributed by atoms with Crippen molar-refractivity contribution in [1.29, 1.82) is 0 Å². The van der Waals surface area contributed by atoms with Gasteiger partial charge in [0.05, 0.1) is 0 Å². The van der Waals surface area contributed by atoms with Crippen LogP contribution in [-0.2, 0) is 0 Å². The molecule has 16 heavy (non-hydrogen) atoms. The zero-order chi connectivity index (χ0) is 12.3. The summed E-state index contributed by atoms with van der Waals surface area (Å²) in [5.41, 5.74) is 8.33. The van der Waals surface area contributed by atoms with E-state index in [9.17, 15) is 20.2 Å². The second-order valence-corrected chi connectivity index (χ2v) is 3.52. The second-order valence-electron chi connectivity index (χ2n) is 2.60. The van der Waals surface area contributed by atoms with E-state index in [4.69, 9.17) is 5.53 Å². The third-order valence-electron chi connectivity index (χ3n) is 1.71. The molecule has 1 aliphatic carbocycles. The second kappa shape index (κ2) is 4.64. The van der Waals surface area contributed by atoms with Crippen molar-refractivity contribution in [1.82, 2.24) is 5.12 Å². The maximum atomic E-state index is 10.5. The van der Waals surface area contributed by atoms with Gasteiger partial charge >= 0.3 is 5.71 Å². The number of rotatable bonds is 3. The number of nitro groups is 2. The lowest BCUT2D eigenvalue weighted by atomic mass is 10.1. The van der Waals surface area contributed by atoms with E-state index in [1.165, 1.54) is 18.2 Å². The maximum Gasteiger partial charge on any atom is 0.311 e. The minimum absolute atomic E-state index is 0.0335. The average molecular weight is 290 g/mol. The lowest BCUT2D eigenvalue weighted by Crippen LogP contribution is -2.40. The van der Waals surface area contributed by atoms with Crippen molar-refractivity contribution in [3.8, 4) is 0 Å². The quantitative estimate of drug-likeness (QED) is 0.247. The largest absolute Gasteiger partial charge is 0.361 e. The third-order valence-corrected chi connectivity index (χ3v) is 2.65. The Morgan fingerprint density at radius 2 is 2.00 bits per heavy atom. The monoisotopic (exact) mass is 289 g/mol. The SMILES string of the molecule is [N-]=[N+]=C1C=CC=C(N([N+](=O)[O-])[N+](=O)[O-])C1Br. The Balaban J connectivity index is 3.17. The van der Waals surface area contributed by atoms with Gasteiger partial charge in [-0.3, -0.25) is 0 Å². The molecule has 1 rings (SSSR count). The van der Waals surface area contributed by atoms with Crippen LogP contribution in [-0.4, -0.2) is 30.5 Å². The van der Waals surface area contributed by atoms with Crippen LogP contribution in [0.4, 0.5) is 0 Å². The van der Waals surface area contributed by atoms with E-state index in [0.717, 1.165) is 0 Å². The maximum absolute atomic E-state index is 10.5. The van der Waals surface area contributed by atoms with E-state index in [-0.39, 0.29) is 16.5 Å². The number of nitrogens with zero attached hydrogens (tertiary/aromatic N) is 5. The number of hydrazine groups is 2. The van der Waals surface area contributed by atoms with Crippen molar-refractivity contribution in [3.05, 3.63) is 49.7 Å². The molecule has 10 heteroatoms. The molecule has 0 saturated carbocycles. The molecule has 0 heterocycles. The van der Waals surface area contributed by atoms with E-state index < -0.39 is 14.9 Å². The van der Waals surface area contributed by atoms with Crippen LogP contribution in [0, 0.1) is 20.2 Å². The molecular weight excluding hydrogens is 286 g/mol. The molecule has 9 nitrogen and oxygen atoms in total. The Kier molecular flexibility index (Phi) is 3.48. The van der Waals surface area contributed by atoms with Gasteiger partial charge in [0.15, 0.2) is 15.6 Å². The highest BCUT2D eigenvalue weighted by Crippen LogP contribution is 2.21. The van der Waals surface area contributed by atoms with Crippen LogP contribution in [0.3, 0.4) is 0 Å². The molecular formula is C6H4BrN5O4. The highest BCUT2D eigenvalue weighted by atomic mass is 79.9. The van der Waals surface area contributed by atoms with E-state index >= 15 is 0 Å². The van der Waals surface area contributed by atoms with Crippen LogP contribution < -0.4 is 0 Å². The van der Waals surface area contributed by atoms with Crippen molar-refractivity contribution in [3.63, 3.8) is 0 Å². The Labute approximate surface area is 96.6 Å². The molecule has 0 amide bonds. The van der Waals surface area contributed by atoms with E-state index in [0.29, 0.717) is 0 Å². The molecule has 1 unspecified atom stereocenters. The number of hydrogen-bond donors (Lipinski definition) is 0. The van der Waals surface area contributed by atoms with Gasteiger partial charge in [0, 0.05) is 6.08 Å². The minimum Gasteiger partial charge on any atom is -0.361 e. The van der Waals surface area contributed by atoms with Crippen molar-refractivity contribution in [2.45, 2.75) is 4.83 Å². The number of hydrogen-bond acceptors (Lipinski definition) is 4. The normalized spacial score (nSPS) is 18.7. The molecule has 0 spiro atoms. The molecule has 1 atom stereocenters. The fourth-order valence-electron chi connectivity index (χ4n) is 1.07. The summed E-state index contributed by atoms with van der Waals surface area (Å²) in [7, 11) is 0. The van der Waals surface area contributed by atoms with Gasteiger partial charge in [0.2, 0.25) is 10.1 Å². The minimum atomic E-state index is -1.17. The molecule has 0 radical (unpaired) electrons. The summed E-state index contributed by atoms with van der Waals surface area (Å²) >= 11 is 2.96. The van der Waals surface area contributed by atoms with Crippen molar-refractivity contribution >= 4 is 21.6 Å². The van der Waals surface area contributed by atoms with Gasteiger partial charge < -0.3 is 5.53 Å². The van der Waals surface area contributed by atoms with E-state index in [2.05, 4.69) is 20.7 Å². The van der Waals surface area contributed by atoms with Crippen molar-refractivity contribution in [2.75, 3.05) is 0 Å². The molecule has 1 aliphatic rings. The summed E-state index contributed by atoms with van der Waals surface area (Å²) < 4.78 is 0. The summed E-state index contributed by atoms with van der Waals surface area (Å²) in [6.07, 6.45) is 3.85. The van der Waals surface area contributed by atoms with Crippen LogP contribution in [0.15, 0.2) is 23.9 Å². The lowest BCUT2D eigenvalue weighted by Gasteiger charge is -2.11. The van der Waals surface area contributed by atoms with Crippen LogP contribution >= 0.6 is 15.9 Å². The predicted molar refractivity (Wildman–Crippen MR) is 54.4 cm³/mol. The van der Waals surface area contributed by atoms with Gasteiger partial charge in [-0.1, -0.05) is 22.0 Å². The summed E-state index contributed by atoms with van der Waals surface area (Å²) in [5.74, 6) is 0. The fraction of sp³-hybridized carbons (Fsp3) is 0.167. The molecule has 84 valence electrons. The Hall–Kier alpha value is -2.06. The van der Waals surface area contributed by atoms with Crippen LogP contribution in [0.25, 0.3) is 5.53 Å². The summed E-state index contributed by atoms with van der Waals surface area (Å²) in [5, 5.41) is 18.4. The number of halogens is 1. The van der Waals surface area contributed by atoms with Crippen molar-refractivity contribution in [2.24, 2.45) is 0 Å². The first kappa shape index (κ1) is 12.0. The Morgan fingerprint density at radius 3 is 2.44 bits per heavy atom. The van der Waals surface area contributed by atoms with Gasteiger partial charge in [0.25, 0.3) is 0 Å². The molecule has 0 N–H and O–H groups in total. The van der Waals surface area contributed by atoms with E-state index in [1.807, 2.05) is 0 Å². The van der Waals surface area contributed by atoms with E-state index in [1.54, 1.807) is 0 Å². The highest BCUT2D eigenvalue weighted by molar-refractivity contribution is 9.10. The summed E-state index contributed by atoms with van der Waals surface area (Å²) in [4.78, 5) is 22.9. The standard InChI is InChI=1S/C6H4BrN5O4/c7-6-4(9-8)2-1-3-5(6)10(11(13)14)12(15)16/h1-3,6H. The molecule has 0 aliphatic heterocycles. The van der Waals surface area contributed by atoms with Gasteiger partial charge in [-0.25, -0.2) is 20.2 Å². The highest BCUT2D eigenvalue weighted by Gasteiger charge is 2.42.